The van der Waals surface area contributed by atoms with Crippen molar-refractivity contribution in [1.82, 2.24) is 25.5 Å². The van der Waals surface area contributed by atoms with Crippen LogP contribution in [0.25, 0.3) is 0 Å². The van der Waals surface area contributed by atoms with Crippen LogP contribution in [0.4, 0.5) is 5.95 Å². The summed E-state index contributed by atoms with van der Waals surface area (Å²) in [6, 6.07) is 13.4. The topological polar surface area (TPSA) is 84.7 Å². The van der Waals surface area contributed by atoms with E-state index in [2.05, 4.69) is 26.2 Å². The number of anilines is 1. The molecular formula is C17H16N6OS. The molecule has 1 aliphatic rings. The van der Waals surface area contributed by atoms with Gasteiger partial charge in [0.15, 0.2) is 0 Å². The van der Waals surface area contributed by atoms with Gasteiger partial charge in [-0.2, -0.15) is 4.68 Å². The zero-order chi connectivity index (χ0) is 17.2. The Labute approximate surface area is 148 Å². The predicted molar refractivity (Wildman–Crippen MR) is 94.9 cm³/mol. The summed E-state index contributed by atoms with van der Waals surface area (Å²) in [5, 5.41) is 19.9. The molecule has 8 heteroatoms. The van der Waals surface area contributed by atoms with Crippen molar-refractivity contribution in [3.8, 4) is 0 Å². The normalized spacial score (nSPS) is 16.3. The molecule has 25 heavy (non-hydrogen) atoms. The van der Waals surface area contributed by atoms with Crippen molar-refractivity contribution in [2.24, 2.45) is 0 Å². The minimum absolute atomic E-state index is 0.131. The van der Waals surface area contributed by atoms with Gasteiger partial charge in [0, 0.05) is 17.1 Å². The van der Waals surface area contributed by atoms with E-state index in [4.69, 9.17) is 0 Å². The number of carbonyl (C=O) groups excluding carboxylic acids is 1. The molecule has 1 amide bonds. The van der Waals surface area contributed by atoms with E-state index < -0.39 is 0 Å². The predicted octanol–water partition coefficient (Wildman–Crippen LogP) is 2.34. The number of nitrogens with zero attached hydrogens (tertiary/aromatic N) is 4. The van der Waals surface area contributed by atoms with E-state index in [1.807, 2.05) is 54.8 Å². The fourth-order valence-corrected chi connectivity index (χ4v) is 3.71. The summed E-state index contributed by atoms with van der Waals surface area (Å²) in [5.41, 5.74) is 2.43. The monoisotopic (exact) mass is 352 g/mol. The van der Waals surface area contributed by atoms with Crippen LogP contribution >= 0.6 is 11.3 Å². The van der Waals surface area contributed by atoms with Crippen LogP contribution in [-0.4, -0.2) is 26.1 Å². The zero-order valence-corrected chi connectivity index (χ0v) is 14.3. The molecule has 0 saturated heterocycles. The molecule has 1 atom stereocenters. The molecule has 3 heterocycles. The van der Waals surface area contributed by atoms with Gasteiger partial charge in [-0.05, 0) is 34.4 Å². The van der Waals surface area contributed by atoms with Crippen molar-refractivity contribution in [3.63, 3.8) is 0 Å². The molecule has 0 saturated carbocycles. The third-order valence-corrected chi connectivity index (χ3v) is 4.99. The van der Waals surface area contributed by atoms with Gasteiger partial charge in [-0.25, -0.2) is 0 Å². The Morgan fingerprint density at radius 2 is 2.12 bits per heavy atom. The maximum Gasteiger partial charge on any atom is 0.251 e. The fraction of sp³-hybridized carbons (Fsp3) is 0.176. The van der Waals surface area contributed by atoms with Crippen molar-refractivity contribution < 1.29 is 4.79 Å². The Bertz CT molecular complexity index is 916. The molecule has 0 aliphatic carbocycles. The van der Waals surface area contributed by atoms with E-state index in [1.165, 1.54) is 0 Å². The van der Waals surface area contributed by atoms with Crippen LogP contribution in [0, 0.1) is 0 Å². The quantitative estimate of drug-likeness (QED) is 0.753. The number of nitrogens with one attached hydrogen (secondary N) is 2. The van der Waals surface area contributed by atoms with Crippen LogP contribution < -0.4 is 10.6 Å². The van der Waals surface area contributed by atoms with Crippen molar-refractivity contribution in [2.45, 2.75) is 19.5 Å². The van der Waals surface area contributed by atoms with Crippen molar-refractivity contribution in [2.75, 3.05) is 5.32 Å². The van der Waals surface area contributed by atoms with E-state index in [0.29, 0.717) is 18.1 Å². The number of benzene rings is 1. The molecule has 126 valence electrons. The second-order valence-electron chi connectivity index (χ2n) is 5.70. The molecule has 4 rings (SSSR count). The van der Waals surface area contributed by atoms with Crippen LogP contribution in [-0.2, 0) is 11.3 Å². The second kappa shape index (κ2) is 6.48. The molecular weight excluding hydrogens is 336 g/mol. The van der Waals surface area contributed by atoms with Crippen LogP contribution in [0.1, 0.15) is 23.4 Å². The summed E-state index contributed by atoms with van der Waals surface area (Å²) in [7, 11) is 0. The summed E-state index contributed by atoms with van der Waals surface area (Å²) >= 11 is 1.58. The lowest BCUT2D eigenvalue weighted by atomic mass is 10.0. The molecule has 7 nitrogen and oxygen atoms in total. The third-order valence-electron chi connectivity index (χ3n) is 4.07. The maximum absolute atomic E-state index is 12.9. The Kier molecular flexibility index (Phi) is 4.02. The van der Waals surface area contributed by atoms with Gasteiger partial charge in [0.25, 0.3) is 5.91 Å². The van der Waals surface area contributed by atoms with Gasteiger partial charge in [0.05, 0.1) is 5.57 Å². The highest BCUT2D eigenvalue weighted by Gasteiger charge is 2.34. The molecule has 0 radical (unpaired) electrons. The Hall–Kier alpha value is -3.00. The average Bonchev–Trinajstić information content (AvgIpc) is 3.31. The molecule has 2 N–H and O–H groups in total. The van der Waals surface area contributed by atoms with E-state index in [-0.39, 0.29) is 11.9 Å². The fourth-order valence-electron chi connectivity index (χ4n) is 2.89. The average molecular weight is 352 g/mol. The number of fused-ring (bicyclic) bond motifs is 1. The molecule has 1 aromatic carbocycles. The van der Waals surface area contributed by atoms with Crippen molar-refractivity contribution >= 4 is 23.2 Å². The van der Waals surface area contributed by atoms with E-state index in [9.17, 15) is 4.79 Å². The van der Waals surface area contributed by atoms with Gasteiger partial charge in [-0.3, -0.25) is 4.79 Å². The minimum Gasteiger partial charge on any atom is -0.348 e. The zero-order valence-electron chi connectivity index (χ0n) is 13.5. The molecule has 1 unspecified atom stereocenters. The first kappa shape index (κ1) is 15.5. The minimum atomic E-state index is -0.331. The standard InChI is InChI=1S/C17H16N6OS/c1-11-14(16(24)18-10-12-6-3-2-4-7-12)15(13-8-5-9-25-13)23-17(19-11)20-21-22-23/h2-9,15H,10H2,1H3,(H,18,24)(H,19,20,22). The summed E-state index contributed by atoms with van der Waals surface area (Å²) in [4.78, 5) is 13.9. The second-order valence-corrected chi connectivity index (χ2v) is 6.68. The summed E-state index contributed by atoms with van der Waals surface area (Å²) in [6.45, 7) is 2.34. The van der Waals surface area contributed by atoms with Crippen molar-refractivity contribution in [3.05, 3.63) is 69.6 Å². The van der Waals surface area contributed by atoms with E-state index in [0.717, 1.165) is 16.1 Å². The van der Waals surface area contributed by atoms with Gasteiger partial charge in [0.1, 0.15) is 6.04 Å². The van der Waals surface area contributed by atoms with Crippen LogP contribution in [0.5, 0.6) is 0 Å². The van der Waals surface area contributed by atoms with Gasteiger partial charge in [-0.15, -0.1) is 11.3 Å². The van der Waals surface area contributed by atoms with Crippen LogP contribution in [0.15, 0.2) is 59.1 Å². The van der Waals surface area contributed by atoms with Gasteiger partial charge in [0.2, 0.25) is 5.95 Å². The van der Waals surface area contributed by atoms with Crippen molar-refractivity contribution in [1.29, 1.82) is 0 Å². The first-order valence-electron chi connectivity index (χ1n) is 7.85. The number of allylic oxidation sites excluding steroid dienone is 1. The van der Waals surface area contributed by atoms with Gasteiger partial charge < -0.3 is 10.6 Å². The molecule has 0 bridgehead atoms. The largest absolute Gasteiger partial charge is 0.348 e. The molecule has 0 fully saturated rings. The lowest BCUT2D eigenvalue weighted by Crippen LogP contribution is -2.34. The Balaban J connectivity index is 1.65. The number of tetrazole rings is 1. The van der Waals surface area contributed by atoms with Crippen LogP contribution in [0.3, 0.4) is 0 Å². The van der Waals surface area contributed by atoms with E-state index >= 15 is 0 Å². The number of hydrogen-bond donors (Lipinski definition) is 2. The highest BCUT2D eigenvalue weighted by atomic mass is 32.1. The van der Waals surface area contributed by atoms with Crippen LogP contribution in [0.2, 0.25) is 0 Å². The van der Waals surface area contributed by atoms with E-state index in [1.54, 1.807) is 16.0 Å². The number of rotatable bonds is 4. The highest BCUT2D eigenvalue weighted by Crippen LogP contribution is 2.36. The Morgan fingerprint density at radius 1 is 1.28 bits per heavy atom. The summed E-state index contributed by atoms with van der Waals surface area (Å²) in [5.74, 6) is 0.406. The van der Waals surface area contributed by atoms with Gasteiger partial charge in [-0.1, -0.05) is 41.5 Å². The molecule has 3 aromatic rings. The molecule has 2 aromatic heterocycles. The number of carbonyl (C=O) groups is 1. The lowest BCUT2D eigenvalue weighted by molar-refractivity contribution is -0.118. The first-order valence-corrected chi connectivity index (χ1v) is 8.73. The number of thiophene rings is 1. The summed E-state index contributed by atoms with van der Waals surface area (Å²) < 4.78 is 1.65. The smallest absolute Gasteiger partial charge is 0.251 e. The SMILES string of the molecule is CC1=C(C(=O)NCc2ccccc2)C(c2cccs2)n2nnnc2N1. The molecule has 0 spiro atoms. The number of hydrogen-bond acceptors (Lipinski definition) is 6. The number of amides is 1. The lowest BCUT2D eigenvalue weighted by Gasteiger charge is -2.26. The Morgan fingerprint density at radius 3 is 2.88 bits per heavy atom. The first-order chi connectivity index (χ1) is 12.2. The summed E-state index contributed by atoms with van der Waals surface area (Å²) in [6.07, 6.45) is 0. The molecule has 1 aliphatic heterocycles. The highest BCUT2D eigenvalue weighted by molar-refractivity contribution is 7.10. The van der Waals surface area contributed by atoms with Gasteiger partial charge >= 0.3 is 0 Å². The maximum atomic E-state index is 12.9. The third kappa shape index (κ3) is 2.91. The number of aromatic nitrogens is 4.